The van der Waals surface area contributed by atoms with Crippen molar-refractivity contribution in [3.63, 3.8) is 0 Å². The molecule has 0 aliphatic heterocycles. The number of ketones is 1. The number of pyridine rings is 2. The minimum atomic E-state index is -0.587. The maximum Gasteiger partial charge on any atom is 0.170 e. The van der Waals surface area contributed by atoms with Crippen molar-refractivity contribution in [3.8, 4) is 0 Å². The Hall–Kier alpha value is -2.10. The fraction of sp³-hybridized carbons (Fsp3) is 0.0833. The lowest BCUT2D eigenvalue weighted by molar-refractivity contribution is 0.0989. The number of hydrogen-bond acceptors (Lipinski definition) is 3. The first kappa shape index (κ1) is 10.4. The molecule has 0 radical (unpaired) electrons. The van der Waals surface area contributed by atoms with E-state index in [9.17, 15) is 9.18 Å². The van der Waals surface area contributed by atoms with Gasteiger partial charge in [0.05, 0.1) is 11.8 Å². The number of Topliss-reactive ketones (excluding diaryl/α,β-unsaturated/α-hetero) is 1. The van der Waals surface area contributed by atoms with E-state index in [2.05, 4.69) is 9.97 Å². The van der Waals surface area contributed by atoms with Gasteiger partial charge < -0.3 is 0 Å². The minimum absolute atomic E-state index is 0.0684. The van der Waals surface area contributed by atoms with Crippen molar-refractivity contribution in [1.82, 2.24) is 9.97 Å². The van der Waals surface area contributed by atoms with Crippen molar-refractivity contribution in [3.05, 3.63) is 59.9 Å². The summed E-state index contributed by atoms with van der Waals surface area (Å²) >= 11 is 0. The summed E-state index contributed by atoms with van der Waals surface area (Å²) in [5, 5.41) is 0. The smallest absolute Gasteiger partial charge is 0.170 e. The van der Waals surface area contributed by atoms with Crippen LogP contribution in [0.4, 0.5) is 4.39 Å². The summed E-state index contributed by atoms with van der Waals surface area (Å²) in [6.45, 7) is 0. The van der Waals surface area contributed by atoms with Gasteiger partial charge in [0.25, 0.3) is 0 Å². The Morgan fingerprint density at radius 2 is 2.00 bits per heavy atom. The molecule has 0 N–H and O–H groups in total. The molecule has 2 aromatic rings. The quantitative estimate of drug-likeness (QED) is 0.737. The monoisotopic (exact) mass is 216 g/mol. The number of rotatable bonds is 3. The number of hydrogen-bond donors (Lipinski definition) is 0. The van der Waals surface area contributed by atoms with Crippen LogP contribution in [-0.2, 0) is 6.42 Å². The van der Waals surface area contributed by atoms with Crippen molar-refractivity contribution < 1.29 is 9.18 Å². The molecule has 0 saturated carbocycles. The zero-order chi connectivity index (χ0) is 11.4. The van der Waals surface area contributed by atoms with Gasteiger partial charge in [0.1, 0.15) is 0 Å². The van der Waals surface area contributed by atoms with Crippen LogP contribution in [0.25, 0.3) is 0 Å². The lowest BCUT2D eigenvalue weighted by atomic mass is 10.1. The second-order valence-electron chi connectivity index (χ2n) is 3.32. The van der Waals surface area contributed by atoms with Gasteiger partial charge in [-0.05, 0) is 17.7 Å². The first-order valence-corrected chi connectivity index (χ1v) is 4.79. The molecule has 0 aliphatic rings. The van der Waals surface area contributed by atoms with E-state index in [0.29, 0.717) is 0 Å². The summed E-state index contributed by atoms with van der Waals surface area (Å²) < 4.78 is 13.2. The molecule has 0 amide bonds. The molecule has 4 heteroatoms. The Morgan fingerprint density at radius 3 is 2.69 bits per heavy atom. The average molecular weight is 216 g/mol. The normalized spacial score (nSPS) is 10.1. The SMILES string of the molecule is O=C(Cc1cccnc1)c1ccncc1F. The molecule has 0 fully saturated rings. The van der Waals surface area contributed by atoms with Crippen LogP contribution in [0.15, 0.2) is 43.0 Å². The summed E-state index contributed by atoms with van der Waals surface area (Å²) in [6, 6.07) is 4.91. The molecular weight excluding hydrogens is 207 g/mol. The molecule has 0 spiro atoms. The molecule has 2 heterocycles. The van der Waals surface area contributed by atoms with Crippen LogP contribution in [0.5, 0.6) is 0 Å². The molecule has 0 aliphatic carbocycles. The van der Waals surface area contributed by atoms with Crippen LogP contribution in [-0.4, -0.2) is 15.8 Å². The third-order valence-corrected chi connectivity index (χ3v) is 2.16. The van der Waals surface area contributed by atoms with E-state index in [1.54, 1.807) is 24.5 Å². The van der Waals surface area contributed by atoms with Crippen LogP contribution in [0, 0.1) is 5.82 Å². The molecule has 0 aromatic carbocycles. The highest BCUT2D eigenvalue weighted by Crippen LogP contribution is 2.09. The van der Waals surface area contributed by atoms with Gasteiger partial charge in [-0.1, -0.05) is 6.07 Å². The summed E-state index contributed by atoms with van der Waals surface area (Å²) in [4.78, 5) is 19.2. The molecule has 3 nitrogen and oxygen atoms in total. The van der Waals surface area contributed by atoms with Crippen LogP contribution in [0.3, 0.4) is 0 Å². The van der Waals surface area contributed by atoms with E-state index >= 15 is 0 Å². The second-order valence-corrected chi connectivity index (χ2v) is 3.32. The highest BCUT2D eigenvalue weighted by atomic mass is 19.1. The predicted molar refractivity (Wildman–Crippen MR) is 56.5 cm³/mol. The molecular formula is C12H9FN2O. The van der Waals surface area contributed by atoms with Gasteiger partial charge >= 0.3 is 0 Å². The first-order valence-electron chi connectivity index (χ1n) is 4.79. The average Bonchev–Trinajstić information content (AvgIpc) is 2.31. The Kier molecular flexibility index (Phi) is 3.00. The highest BCUT2D eigenvalue weighted by molar-refractivity contribution is 5.97. The zero-order valence-corrected chi connectivity index (χ0v) is 8.43. The number of carbonyl (C=O) groups excluding carboxylic acids is 1. The van der Waals surface area contributed by atoms with Gasteiger partial charge in [0.15, 0.2) is 11.6 Å². The van der Waals surface area contributed by atoms with E-state index in [-0.39, 0.29) is 17.8 Å². The number of halogens is 1. The van der Waals surface area contributed by atoms with Crippen molar-refractivity contribution in [1.29, 1.82) is 0 Å². The summed E-state index contributed by atoms with van der Waals surface area (Å²) in [5.74, 6) is -0.857. The van der Waals surface area contributed by atoms with Crippen LogP contribution < -0.4 is 0 Å². The fourth-order valence-electron chi connectivity index (χ4n) is 1.38. The lowest BCUT2D eigenvalue weighted by Crippen LogP contribution is -2.06. The summed E-state index contributed by atoms with van der Waals surface area (Å²) in [5.41, 5.74) is 0.836. The number of nitrogens with zero attached hydrogens (tertiary/aromatic N) is 2. The third kappa shape index (κ3) is 2.28. The van der Waals surface area contributed by atoms with Crippen molar-refractivity contribution in [2.75, 3.05) is 0 Å². The highest BCUT2D eigenvalue weighted by Gasteiger charge is 2.11. The van der Waals surface area contributed by atoms with Gasteiger partial charge in [-0.25, -0.2) is 4.39 Å². The molecule has 0 saturated heterocycles. The van der Waals surface area contributed by atoms with Gasteiger partial charge in [-0.15, -0.1) is 0 Å². The fourth-order valence-corrected chi connectivity index (χ4v) is 1.38. The van der Waals surface area contributed by atoms with E-state index < -0.39 is 5.82 Å². The Morgan fingerprint density at radius 1 is 1.19 bits per heavy atom. The lowest BCUT2D eigenvalue weighted by Gasteiger charge is -2.01. The Bertz CT molecular complexity index is 499. The molecule has 0 bridgehead atoms. The van der Waals surface area contributed by atoms with Crippen molar-refractivity contribution >= 4 is 5.78 Å². The summed E-state index contributed by atoms with van der Waals surface area (Å²) in [6.07, 6.45) is 5.81. The molecule has 16 heavy (non-hydrogen) atoms. The van der Waals surface area contributed by atoms with Crippen molar-refractivity contribution in [2.24, 2.45) is 0 Å². The molecule has 0 unspecified atom stereocenters. The van der Waals surface area contributed by atoms with Gasteiger partial charge in [-0.3, -0.25) is 14.8 Å². The molecule has 2 aromatic heterocycles. The molecule has 80 valence electrons. The van der Waals surface area contributed by atoms with Crippen LogP contribution >= 0.6 is 0 Å². The Balaban J connectivity index is 2.19. The molecule has 2 rings (SSSR count). The van der Waals surface area contributed by atoms with Crippen molar-refractivity contribution in [2.45, 2.75) is 6.42 Å². The van der Waals surface area contributed by atoms with Gasteiger partial charge in [0.2, 0.25) is 0 Å². The third-order valence-electron chi connectivity index (χ3n) is 2.16. The number of aromatic nitrogens is 2. The summed E-state index contributed by atoms with van der Waals surface area (Å²) in [7, 11) is 0. The maximum absolute atomic E-state index is 13.2. The van der Waals surface area contributed by atoms with E-state index in [4.69, 9.17) is 0 Å². The van der Waals surface area contributed by atoms with Gasteiger partial charge in [0, 0.05) is 25.0 Å². The van der Waals surface area contributed by atoms with Gasteiger partial charge in [-0.2, -0.15) is 0 Å². The predicted octanol–water partition coefficient (Wildman–Crippen LogP) is 2.04. The standard InChI is InChI=1S/C12H9FN2O/c13-11-8-15-5-3-10(11)12(16)6-9-2-1-4-14-7-9/h1-5,7-8H,6H2. The van der Waals surface area contributed by atoms with E-state index in [0.717, 1.165) is 11.8 Å². The second kappa shape index (κ2) is 4.61. The topological polar surface area (TPSA) is 42.9 Å². The van der Waals surface area contributed by atoms with E-state index in [1.807, 2.05) is 0 Å². The maximum atomic E-state index is 13.2. The first-order chi connectivity index (χ1) is 7.77. The number of carbonyl (C=O) groups is 1. The van der Waals surface area contributed by atoms with Crippen LogP contribution in [0.1, 0.15) is 15.9 Å². The largest absolute Gasteiger partial charge is 0.294 e. The minimum Gasteiger partial charge on any atom is -0.294 e. The molecule has 0 atom stereocenters. The Labute approximate surface area is 92.0 Å². The van der Waals surface area contributed by atoms with Crippen LogP contribution in [0.2, 0.25) is 0 Å². The zero-order valence-electron chi connectivity index (χ0n) is 8.43. The van der Waals surface area contributed by atoms with E-state index in [1.165, 1.54) is 12.3 Å².